The van der Waals surface area contributed by atoms with Crippen LogP contribution in [0.1, 0.15) is 16.7 Å². The number of hydrogen-bond acceptors (Lipinski definition) is 4. The van der Waals surface area contributed by atoms with Crippen LogP contribution < -0.4 is 19.5 Å². The molecule has 166 valence electrons. The smallest absolute Gasteiger partial charge is 0.175 e. The highest BCUT2D eigenvalue weighted by molar-refractivity contribution is 9.10. The minimum absolute atomic E-state index is 0. The molecule has 0 aliphatic rings. The summed E-state index contributed by atoms with van der Waals surface area (Å²) in [6.07, 6.45) is 0.946. The largest absolute Gasteiger partial charge is 0.497 e. The zero-order valence-corrected chi connectivity index (χ0v) is 20.6. The van der Waals surface area contributed by atoms with Crippen LogP contribution in [0.3, 0.4) is 0 Å². The number of benzene rings is 3. The molecule has 0 fully saturated rings. The van der Waals surface area contributed by atoms with Crippen LogP contribution in [0.5, 0.6) is 17.2 Å². The molecule has 0 spiro atoms. The summed E-state index contributed by atoms with van der Waals surface area (Å²) in [6, 6.07) is 19.8. The van der Waals surface area contributed by atoms with Crippen molar-refractivity contribution < 1.29 is 14.2 Å². The molecule has 3 aromatic carbocycles. The van der Waals surface area contributed by atoms with E-state index in [1.165, 1.54) is 5.56 Å². The summed E-state index contributed by atoms with van der Waals surface area (Å²) in [4.78, 5) is 0. The van der Waals surface area contributed by atoms with Gasteiger partial charge in [0.1, 0.15) is 12.4 Å². The van der Waals surface area contributed by atoms with Gasteiger partial charge in [-0.15, -0.1) is 12.4 Å². The third kappa shape index (κ3) is 7.32. The van der Waals surface area contributed by atoms with Crippen LogP contribution >= 0.6 is 39.9 Å². The van der Waals surface area contributed by atoms with E-state index in [9.17, 15) is 0 Å². The maximum absolute atomic E-state index is 6.22. The molecule has 3 rings (SSSR count). The van der Waals surface area contributed by atoms with E-state index in [0.29, 0.717) is 23.1 Å². The predicted molar refractivity (Wildman–Crippen MR) is 132 cm³/mol. The molecule has 7 heteroatoms. The van der Waals surface area contributed by atoms with E-state index in [0.717, 1.165) is 40.9 Å². The zero-order valence-electron chi connectivity index (χ0n) is 17.5. The van der Waals surface area contributed by atoms with E-state index < -0.39 is 0 Å². The maximum atomic E-state index is 6.22. The van der Waals surface area contributed by atoms with Gasteiger partial charge < -0.3 is 19.5 Å². The van der Waals surface area contributed by atoms with Gasteiger partial charge in [0.05, 0.1) is 18.7 Å². The summed E-state index contributed by atoms with van der Waals surface area (Å²) in [5.41, 5.74) is 3.31. The van der Waals surface area contributed by atoms with Crippen LogP contribution in [0.2, 0.25) is 5.02 Å². The first-order valence-electron chi connectivity index (χ1n) is 9.67. The minimum atomic E-state index is 0. The van der Waals surface area contributed by atoms with Crippen LogP contribution in [-0.2, 0) is 19.6 Å². The highest BCUT2D eigenvalue weighted by Crippen LogP contribution is 2.37. The lowest BCUT2D eigenvalue weighted by Crippen LogP contribution is -2.16. The average molecular weight is 527 g/mol. The summed E-state index contributed by atoms with van der Waals surface area (Å²) < 4.78 is 17.6. The van der Waals surface area contributed by atoms with E-state index >= 15 is 0 Å². The first kappa shape index (κ1) is 25.3. The number of ether oxygens (including phenoxy) is 3. The van der Waals surface area contributed by atoms with Gasteiger partial charge in [-0.05, 0) is 70.4 Å². The summed E-state index contributed by atoms with van der Waals surface area (Å²) in [6.45, 7) is 1.97. The molecule has 31 heavy (non-hydrogen) atoms. The fourth-order valence-electron chi connectivity index (χ4n) is 3.04. The molecule has 0 bridgehead atoms. The topological polar surface area (TPSA) is 39.7 Å². The zero-order chi connectivity index (χ0) is 21.3. The quantitative estimate of drug-likeness (QED) is 0.308. The van der Waals surface area contributed by atoms with Gasteiger partial charge in [0, 0.05) is 17.1 Å². The molecule has 0 heterocycles. The van der Waals surface area contributed by atoms with Crippen molar-refractivity contribution in [3.05, 3.63) is 86.8 Å². The molecular weight excluding hydrogens is 501 g/mol. The molecule has 0 atom stereocenters. The Morgan fingerprint density at radius 3 is 2.35 bits per heavy atom. The predicted octanol–water partition coefficient (Wildman–Crippen LogP) is 6.45. The van der Waals surface area contributed by atoms with Crippen molar-refractivity contribution in [3.63, 3.8) is 0 Å². The van der Waals surface area contributed by atoms with Gasteiger partial charge in [0.2, 0.25) is 0 Å². The van der Waals surface area contributed by atoms with Gasteiger partial charge >= 0.3 is 0 Å². The second-order valence-corrected chi connectivity index (χ2v) is 8.03. The molecule has 4 nitrogen and oxygen atoms in total. The standard InChI is InChI=1S/C24H25BrClNO3.ClH/c1-28-20-9-7-17(8-10-20)11-12-27-15-18-13-21(25)24(23(14-18)29-2)30-16-19-5-3-4-6-22(19)26;/h3-10,13-14,27H,11-12,15-16H2,1-2H3;1H. The number of hydrogen-bond donors (Lipinski definition) is 1. The molecule has 0 aliphatic heterocycles. The molecule has 0 saturated carbocycles. The third-order valence-electron chi connectivity index (χ3n) is 4.70. The number of methoxy groups -OCH3 is 2. The van der Waals surface area contributed by atoms with Crippen molar-refractivity contribution in [1.29, 1.82) is 0 Å². The summed E-state index contributed by atoms with van der Waals surface area (Å²) in [7, 11) is 3.32. The summed E-state index contributed by atoms with van der Waals surface area (Å²) >= 11 is 9.83. The fraction of sp³-hybridized carbons (Fsp3) is 0.250. The number of nitrogens with one attached hydrogen (secondary N) is 1. The Kier molecular flexibility index (Phi) is 10.5. The first-order valence-corrected chi connectivity index (χ1v) is 10.8. The molecule has 0 amide bonds. The minimum Gasteiger partial charge on any atom is -0.497 e. The van der Waals surface area contributed by atoms with Crippen LogP contribution in [-0.4, -0.2) is 20.8 Å². The van der Waals surface area contributed by atoms with Gasteiger partial charge in [0.15, 0.2) is 11.5 Å². The molecule has 1 N–H and O–H groups in total. The van der Waals surface area contributed by atoms with E-state index in [1.807, 2.05) is 48.5 Å². The van der Waals surface area contributed by atoms with Crippen LogP contribution in [0.4, 0.5) is 0 Å². The summed E-state index contributed by atoms with van der Waals surface area (Å²) in [5, 5.41) is 4.16. The molecule has 0 radical (unpaired) electrons. The lowest BCUT2D eigenvalue weighted by atomic mass is 10.1. The highest BCUT2D eigenvalue weighted by atomic mass is 79.9. The van der Waals surface area contributed by atoms with Crippen LogP contribution in [0.15, 0.2) is 65.1 Å². The Labute approximate surface area is 203 Å². The Morgan fingerprint density at radius 1 is 0.935 bits per heavy atom. The van der Waals surface area contributed by atoms with Gasteiger partial charge in [-0.2, -0.15) is 0 Å². The lowest BCUT2D eigenvalue weighted by molar-refractivity contribution is 0.282. The summed E-state index contributed by atoms with van der Waals surface area (Å²) in [5.74, 6) is 2.23. The SMILES string of the molecule is COc1ccc(CCNCc2cc(Br)c(OCc3ccccc3Cl)c(OC)c2)cc1.Cl. The Morgan fingerprint density at radius 2 is 1.68 bits per heavy atom. The van der Waals surface area contributed by atoms with Crippen molar-refractivity contribution in [2.45, 2.75) is 19.6 Å². The Hall–Kier alpha value is -1.92. The molecule has 0 aliphatic carbocycles. The van der Waals surface area contributed by atoms with E-state index in [4.69, 9.17) is 25.8 Å². The van der Waals surface area contributed by atoms with Crippen molar-refractivity contribution in [2.24, 2.45) is 0 Å². The van der Waals surface area contributed by atoms with Gasteiger partial charge in [0.25, 0.3) is 0 Å². The van der Waals surface area contributed by atoms with Crippen molar-refractivity contribution in [1.82, 2.24) is 5.32 Å². The van der Waals surface area contributed by atoms with Crippen molar-refractivity contribution in [2.75, 3.05) is 20.8 Å². The van der Waals surface area contributed by atoms with Crippen molar-refractivity contribution in [3.8, 4) is 17.2 Å². The molecule has 0 aromatic heterocycles. The average Bonchev–Trinajstić information content (AvgIpc) is 2.77. The second-order valence-electron chi connectivity index (χ2n) is 6.76. The Balaban J connectivity index is 0.00000341. The van der Waals surface area contributed by atoms with Gasteiger partial charge in [-0.3, -0.25) is 0 Å². The maximum Gasteiger partial charge on any atom is 0.175 e. The Bertz CT molecular complexity index is 968. The highest BCUT2D eigenvalue weighted by Gasteiger charge is 2.13. The van der Waals surface area contributed by atoms with Gasteiger partial charge in [-0.25, -0.2) is 0 Å². The van der Waals surface area contributed by atoms with Crippen LogP contribution in [0, 0.1) is 0 Å². The second kappa shape index (κ2) is 12.8. The third-order valence-corrected chi connectivity index (χ3v) is 5.66. The normalized spacial score (nSPS) is 10.3. The monoisotopic (exact) mass is 525 g/mol. The molecule has 3 aromatic rings. The van der Waals surface area contributed by atoms with Crippen molar-refractivity contribution >= 4 is 39.9 Å². The number of halogens is 3. The van der Waals surface area contributed by atoms with E-state index in [2.05, 4.69) is 33.4 Å². The van der Waals surface area contributed by atoms with Crippen LogP contribution in [0.25, 0.3) is 0 Å². The van der Waals surface area contributed by atoms with Gasteiger partial charge in [-0.1, -0.05) is 41.9 Å². The number of rotatable bonds is 10. The fourth-order valence-corrected chi connectivity index (χ4v) is 3.83. The molecule has 0 unspecified atom stereocenters. The lowest BCUT2D eigenvalue weighted by Gasteiger charge is -2.15. The van der Waals surface area contributed by atoms with E-state index in [1.54, 1.807) is 14.2 Å². The molecule has 0 saturated heterocycles. The first-order chi connectivity index (χ1) is 14.6. The van der Waals surface area contributed by atoms with E-state index in [-0.39, 0.29) is 12.4 Å². The molecular formula is C24H26BrCl2NO3.